The number of nitrogens with zero attached hydrogens (tertiary/aromatic N) is 1. The van der Waals surface area contributed by atoms with Crippen LogP contribution < -0.4 is 0 Å². The van der Waals surface area contributed by atoms with E-state index in [1.165, 1.54) is 5.56 Å². The lowest BCUT2D eigenvalue weighted by atomic mass is 9.80. The Labute approximate surface area is 227 Å². The van der Waals surface area contributed by atoms with E-state index in [4.69, 9.17) is 9.47 Å². The Balaban J connectivity index is 1.78. The Kier molecular flexibility index (Phi) is 9.01. The van der Waals surface area contributed by atoms with Crippen LogP contribution in [-0.2, 0) is 19.7 Å². The smallest absolute Gasteiger partial charge is 0.338 e. The third-order valence-electron chi connectivity index (χ3n) is 7.51. The van der Waals surface area contributed by atoms with E-state index in [2.05, 4.69) is 62.1 Å². The predicted octanol–water partition coefficient (Wildman–Crippen LogP) is 6.82. The zero-order valence-electron chi connectivity index (χ0n) is 23.3. The minimum atomic E-state index is -0.579. The Bertz CT molecular complexity index is 1180. The summed E-state index contributed by atoms with van der Waals surface area (Å²) >= 11 is 0. The summed E-state index contributed by atoms with van der Waals surface area (Å²) in [6.45, 7) is 11.4. The Hall–Kier alpha value is -3.02. The number of rotatable bonds is 10. The fourth-order valence-corrected chi connectivity index (χ4v) is 5.38. The van der Waals surface area contributed by atoms with E-state index in [9.17, 15) is 9.59 Å². The van der Waals surface area contributed by atoms with E-state index in [0.29, 0.717) is 38.0 Å². The lowest BCUT2D eigenvalue weighted by Crippen LogP contribution is -2.51. The molecule has 1 heterocycles. The highest BCUT2D eigenvalue weighted by Gasteiger charge is 2.44. The summed E-state index contributed by atoms with van der Waals surface area (Å²) in [5, 5.41) is 0. The maximum Gasteiger partial charge on any atom is 0.338 e. The molecule has 2 aromatic rings. The third kappa shape index (κ3) is 6.16. The quantitative estimate of drug-likeness (QED) is 0.197. The molecule has 1 atom stereocenters. The molecule has 2 aromatic carbocycles. The summed E-state index contributed by atoms with van der Waals surface area (Å²) in [5.74, 6) is -0.302. The van der Waals surface area contributed by atoms with Crippen LogP contribution in [0.5, 0.6) is 0 Å². The molecule has 1 unspecified atom stereocenters. The van der Waals surface area contributed by atoms with Crippen molar-refractivity contribution in [3.8, 4) is 0 Å². The van der Waals surface area contributed by atoms with Gasteiger partial charge in [-0.05, 0) is 72.1 Å². The van der Waals surface area contributed by atoms with E-state index in [1.807, 2.05) is 31.2 Å². The molecule has 0 bridgehead atoms. The van der Waals surface area contributed by atoms with E-state index in [-0.39, 0.29) is 11.4 Å². The number of ether oxygens (including phenoxy) is 2. The molecule has 2 aliphatic rings. The number of carbonyl (C=O) groups is 2. The monoisotopic (exact) mass is 515 g/mol. The van der Waals surface area contributed by atoms with Crippen molar-refractivity contribution in [3.63, 3.8) is 0 Å². The van der Waals surface area contributed by atoms with E-state index < -0.39 is 5.72 Å². The number of aldehydes is 1. The summed E-state index contributed by atoms with van der Waals surface area (Å²) in [6, 6.07) is 16.5. The van der Waals surface area contributed by atoms with E-state index >= 15 is 0 Å². The summed E-state index contributed by atoms with van der Waals surface area (Å²) < 4.78 is 12.0. The molecule has 5 nitrogen and oxygen atoms in total. The zero-order valence-corrected chi connectivity index (χ0v) is 23.3. The second-order valence-electron chi connectivity index (χ2n) is 11.2. The van der Waals surface area contributed by atoms with Crippen LogP contribution in [0.4, 0.5) is 0 Å². The minimum absolute atomic E-state index is 0.0218. The molecule has 0 radical (unpaired) electrons. The normalized spacial score (nSPS) is 20.1. The molecule has 0 amide bonds. The topological polar surface area (TPSA) is 55.8 Å². The molecule has 0 aromatic heterocycles. The van der Waals surface area contributed by atoms with Gasteiger partial charge in [-0.3, -0.25) is 4.90 Å². The Morgan fingerprint density at radius 3 is 2.45 bits per heavy atom. The SMILES string of the molecule is CCOC(=O)c1ccc(C2=CCC(OCCCC=O)(N3CCCC3)C(c3cccc(C(C)(C)C)c3)=C2)cc1. The summed E-state index contributed by atoms with van der Waals surface area (Å²) in [5.41, 5.74) is 5.76. The van der Waals surface area contributed by atoms with Gasteiger partial charge in [0.05, 0.1) is 12.2 Å². The highest BCUT2D eigenvalue weighted by Crippen LogP contribution is 2.45. The van der Waals surface area contributed by atoms with Gasteiger partial charge in [0.25, 0.3) is 0 Å². The van der Waals surface area contributed by atoms with Gasteiger partial charge >= 0.3 is 5.97 Å². The molecular formula is C33H41NO4. The fourth-order valence-electron chi connectivity index (χ4n) is 5.38. The second kappa shape index (κ2) is 12.2. The number of unbranched alkanes of at least 4 members (excludes halogenated alkanes) is 1. The highest BCUT2D eigenvalue weighted by atomic mass is 16.5. The van der Waals surface area contributed by atoms with E-state index in [0.717, 1.165) is 54.5 Å². The number of likely N-dealkylation sites (tertiary alicyclic amines) is 1. The van der Waals surface area contributed by atoms with Crippen LogP contribution in [-0.4, -0.2) is 49.2 Å². The number of hydrogen-bond acceptors (Lipinski definition) is 5. The van der Waals surface area contributed by atoms with Gasteiger partial charge in [-0.25, -0.2) is 4.79 Å². The average Bonchev–Trinajstić information content (AvgIpc) is 3.47. The molecule has 0 spiro atoms. The minimum Gasteiger partial charge on any atom is -0.462 e. The first-order valence-corrected chi connectivity index (χ1v) is 13.9. The van der Waals surface area contributed by atoms with Crippen molar-refractivity contribution in [1.29, 1.82) is 0 Å². The van der Waals surface area contributed by atoms with Gasteiger partial charge in [-0.15, -0.1) is 0 Å². The van der Waals surface area contributed by atoms with Crippen molar-refractivity contribution in [2.75, 3.05) is 26.3 Å². The molecule has 1 saturated heterocycles. The van der Waals surface area contributed by atoms with Gasteiger partial charge in [0.1, 0.15) is 6.29 Å². The van der Waals surface area contributed by atoms with Gasteiger partial charge in [0.15, 0.2) is 5.72 Å². The van der Waals surface area contributed by atoms with Crippen LogP contribution in [0.25, 0.3) is 11.1 Å². The number of allylic oxidation sites excluding steroid dienone is 2. The maximum absolute atomic E-state index is 12.2. The first-order valence-electron chi connectivity index (χ1n) is 13.9. The van der Waals surface area contributed by atoms with Crippen LogP contribution in [0.1, 0.15) is 86.8 Å². The maximum atomic E-state index is 12.2. The van der Waals surface area contributed by atoms with Crippen LogP contribution >= 0.6 is 0 Å². The average molecular weight is 516 g/mol. The number of esters is 1. The molecule has 202 valence electrons. The van der Waals surface area contributed by atoms with Gasteiger partial charge in [-0.1, -0.05) is 63.2 Å². The second-order valence-corrected chi connectivity index (χ2v) is 11.2. The summed E-state index contributed by atoms with van der Waals surface area (Å²) in [7, 11) is 0. The summed E-state index contributed by atoms with van der Waals surface area (Å²) in [6.07, 6.45) is 9.73. The molecule has 1 aliphatic carbocycles. The molecular weight excluding hydrogens is 474 g/mol. The van der Waals surface area contributed by atoms with Crippen LogP contribution in [0.3, 0.4) is 0 Å². The largest absolute Gasteiger partial charge is 0.462 e. The van der Waals surface area contributed by atoms with Crippen molar-refractivity contribution < 1.29 is 19.1 Å². The van der Waals surface area contributed by atoms with Crippen LogP contribution in [0.2, 0.25) is 0 Å². The van der Waals surface area contributed by atoms with Crippen LogP contribution in [0, 0.1) is 0 Å². The standard InChI is InChI=1S/C33H41NO4/c1-5-37-31(36)26-15-13-25(14-16-26)27-17-18-33(34-19-6-7-20-34,38-22-9-8-21-35)30(24-27)28-11-10-12-29(23-28)32(2,3)4/h10-17,21,23-24H,5-9,18-20,22H2,1-4H3. The van der Waals surface area contributed by atoms with Crippen molar-refractivity contribution in [1.82, 2.24) is 4.90 Å². The van der Waals surface area contributed by atoms with Gasteiger partial charge in [0, 0.05) is 38.1 Å². The van der Waals surface area contributed by atoms with Crippen molar-refractivity contribution in [2.45, 2.75) is 70.9 Å². The Morgan fingerprint density at radius 1 is 1.05 bits per heavy atom. The molecule has 0 saturated carbocycles. The first kappa shape index (κ1) is 28.0. The highest BCUT2D eigenvalue weighted by molar-refractivity contribution is 5.92. The lowest BCUT2D eigenvalue weighted by Gasteiger charge is -2.45. The summed E-state index contributed by atoms with van der Waals surface area (Å²) in [4.78, 5) is 25.7. The van der Waals surface area contributed by atoms with Crippen molar-refractivity contribution in [3.05, 3.63) is 82.9 Å². The predicted molar refractivity (Wildman–Crippen MR) is 153 cm³/mol. The lowest BCUT2D eigenvalue weighted by molar-refractivity contribution is -0.113. The van der Waals surface area contributed by atoms with Crippen LogP contribution in [0.15, 0.2) is 60.7 Å². The van der Waals surface area contributed by atoms with Crippen molar-refractivity contribution >= 4 is 23.4 Å². The zero-order chi connectivity index (χ0) is 27.2. The van der Waals surface area contributed by atoms with E-state index in [1.54, 1.807) is 0 Å². The molecule has 0 N–H and O–H groups in total. The fraction of sp³-hybridized carbons (Fsp3) is 0.455. The number of carbonyl (C=O) groups excluding carboxylic acids is 2. The Morgan fingerprint density at radius 2 is 1.79 bits per heavy atom. The van der Waals surface area contributed by atoms with Crippen molar-refractivity contribution in [2.24, 2.45) is 0 Å². The molecule has 1 fully saturated rings. The third-order valence-corrected chi connectivity index (χ3v) is 7.51. The molecule has 5 heteroatoms. The van der Waals surface area contributed by atoms with Gasteiger partial charge in [0.2, 0.25) is 0 Å². The molecule has 38 heavy (non-hydrogen) atoms. The molecule has 4 rings (SSSR count). The number of hydrogen-bond donors (Lipinski definition) is 0. The molecule has 1 aliphatic heterocycles. The first-order chi connectivity index (χ1) is 18.3. The van der Waals surface area contributed by atoms with Gasteiger partial charge < -0.3 is 14.3 Å². The number of benzene rings is 2. The van der Waals surface area contributed by atoms with Gasteiger partial charge in [-0.2, -0.15) is 0 Å².